The second-order valence-corrected chi connectivity index (χ2v) is 9.54. The molecule has 1 aromatic rings. The van der Waals surface area contributed by atoms with Crippen molar-refractivity contribution in [2.45, 2.75) is 59.4 Å². The molecule has 0 radical (unpaired) electrons. The summed E-state index contributed by atoms with van der Waals surface area (Å²) in [7, 11) is 0. The highest BCUT2D eigenvalue weighted by atomic mass is 16.2. The predicted molar refractivity (Wildman–Crippen MR) is 113 cm³/mol. The minimum Gasteiger partial charge on any atom is -0.342 e. The number of rotatable bonds is 3. The molecular weight excluding hydrogens is 366 g/mol. The molecule has 1 atom stereocenters. The lowest BCUT2D eigenvalue weighted by molar-refractivity contribution is -0.138. The molecule has 1 N–H and O–H groups in total. The Kier molecular flexibility index (Phi) is 6.01. The number of likely N-dealkylation sites (tertiary alicyclic amines) is 2. The summed E-state index contributed by atoms with van der Waals surface area (Å²) in [5.41, 5.74) is 2.82. The van der Waals surface area contributed by atoms with Gasteiger partial charge in [-0.05, 0) is 70.7 Å². The molecule has 0 aromatic heterocycles. The first kappa shape index (κ1) is 21.3. The van der Waals surface area contributed by atoms with Crippen LogP contribution in [0.4, 0.5) is 5.69 Å². The van der Waals surface area contributed by atoms with Crippen molar-refractivity contribution in [2.75, 3.05) is 25.0 Å². The monoisotopic (exact) mass is 399 g/mol. The summed E-state index contributed by atoms with van der Waals surface area (Å²) in [5.74, 6) is -0.215. The van der Waals surface area contributed by atoms with Crippen LogP contribution < -0.4 is 5.32 Å². The van der Waals surface area contributed by atoms with E-state index in [-0.39, 0.29) is 35.1 Å². The Morgan fingerprint density at radius 3 is 2.10 bits per heavy atom. The largest absolute Gasteiger partial charge is 0.342 e. The van der Waals surface area contributed by atoms with Crippen molar-refractivity contribution in [1.82, 2.24) is 9.80 Å². The molecule has 0 bridgehead atoms. The van der Waals surface area contributed by atoms with Gasteiger partial charge < -0.3 is 15.1 Å². The van der Waals surface area contributed by atoms with E-state index in [4.69, 9.17) is 0 Å². The van der Waals surface area contributed by atoms with Gasteiger partial charge in [0.15, 0.2) is 0 Å². The maximum Gasteiger partial charge on any atom is 0.227 e. The van der Waals surface area contributed by atoms with E-state index in [1.807, 2.05) is 51.7 Å². The number of piperidine rings is 1. The van der Waals surface area contributed by atoms with Gasteiger partial charge in [0, 0.05) is 43.2 Å². The molecule has 0 aliphatic carbocycles. The number of carbonyl (C=O) groups is 3. The number of hydrogen-bond donors (Lipinski definition) is 1. The third kappa shape index (κ3) is 4.98. The Morgan fingerprint density at radius 2 is 1.59 bits per heavy atom. The molecule has 1 aromatic carbocycles. The molecule has 1 unspecified atom stereocenters. The van der Waals surface area contributed by atoms with Gasteiger partial charge in [-0.1, -0.05) is 6.07 Å². The van der Waals surface area contributed by atoms with Gasteiger partial charge in [-0.15, -0.1) is 0 Å². The van der Waals surface area contributed by atoms with E-state index >= 15 is 0 Å². The summed E-state index contributed by atoms with van der Waals surface area (Å²) in [5, 5.41) is 3.03. The number of anilines is 1. The number of hydrogen-bond acceptors (Lipinski definition) is 3. The number of carbonyl (C=O) groups excluding carboxylic acids is 3. The Hall–Kier alpha value is -2.37. The fourth-order valence-corrected chi connectivity index (χ4v) is 4.43. The molecule has 29 heavy (non-hydrogen) atoms. The van der Waals surface area contributed by atoms with Crippen LogP contribution in [-0.2, 0) is 14.4 Å². The van der Waals surface area contributed by atoms with Gasteiger partial charge in [-0.3, -0.25) is 14.4 Å². The van der Waals surface area contributed by atoms with Gasteiger partial charge in [0.2, 0.25) is 17.7 Å². The number of amides is 3. The van der Waals surface area contributed by atoms with Crippen molar-refractivity contribution in [3.8, 4) is 0 Å². The highest BCUT2D eigenvalue weighted by Gasteiger charge is 2.41. The summed E-state index contributed by atoms with van der Waals surface area (Å²) in [6.45, 7) is 11.7. The lowest BCUT2D eigenvalue weighted by Crippen LogP contribution is -2.46. The third-order valence-corrected chi connectivity index (χ3v) is 5.95. The molecule has 158 valence electrons. The van der Waals surface area contributed by atoms with Gasteiger partial charge in [0.25, 0.3) is 0 Å². The van der Waals surface area contributed by atoms with E-state index in [1.165, 1.54) is 0 Å². The first-order chi connectivity index (χ1) is 13.5. The predicted octanol–water partition coefficient (Wildman–Crippen LogP) is 3.13. The fourth-order valence-electron chi connectivity index (χ4n) is 4.43. The summed E-state index contributed by atoms with van der Waals surface area (Å²) >= 11 is 0. The molecule has 0 spiro atoms. The van der Waals surface area contributed by atoms with Crippen molar-refractivity contribution in [3.05, 3.63) is 29.3 Å². The Morgan fingerprint density at radius 1 is 1.00 bits per heavy atom. The number of aryl methyl sites for hydroxylation is 2. The van der Waals surface area contributed by atoms with Crippen molar-refractivity contribution < 1.29 is 14.4 Å². The molecule has 6 nitrogen and oxygen atoms in total. The summed E-state index contributed by atoms with van der Waals surface area (Å²) in [4.78, 5) is 41.5. The quantitative estimate of drug-likeness (QED) is 0.849. The first-order valence-corrected chi connectivity index (χ1v) is 10.5. The van der Waals surface area contributed by atoms with Gasteiger partial charge in [-0.25, -0.2) is 0 Å². The average Bonchev–Trinajstić information content (AvgIpc) is 3.02. The molecule has 6 heteroatoms. The zero-order valence-corrected chi connectivity index (χ0v) is 18.2. The van der Waals surface area contributed by atoms with E-state index in [1.54, 1.807) is 4.90 Å². The van der Waals surface area contributed by atoms with Crippen LogP contribution in [0.15, 0.2) is 18.2 Å². The van der Waals surface area contributed by atoms with E-state index in [0.717, 1.165) is 16.8 Å². The molecular formula is C23H33N3O3. The van der Waals surface area contributed by atoms with Crippen LogP contribution in [0.5, 0.6) is 0 Å². The molecule has 3 amide bonds. The fraction of sp³-hybridized carbons (Fsp3) is 0.609. The lowest BCUT2D eigenvalue weighted by atomic mass is 9.94. The minimum atomic E-state index is -0.262. The topological polar surface area (TPSA) is 69.7 Å². The van der Waals surface area contributed by atoms with E-state index in [2.05, 4.69) is 11.4 Å². The zero-order valence-electron chi connectivity index (χ0n) is 18.2. The minimum absolute atomic E-state index is 0.0250. The van der Waals surface area contributed by atoms with Crippen molar-refractivity contribution in [2.24, 2.45) is 11.8 Å². The van der Waals surface area contributed by atoms with Gasteiger partial charge >= 0.3 is 0 Å². The first-order valence-electron chi connectivity index (χ1n) is 10.5. The number of benzene rings is 1. The second-order valence-electron chi connectivity index (χ2n) is 9.54. The maximum absolute atomic E-state index is 12.9. The van der Waals surface area contributed by atoms with E-state index < -0.39 is 0 Å². The number of nitrogens with one attached hydrogen (secondary N) is 1. The Balaban J connectivity index is 1.53. The van der Waals surface area contributed by atoms with Crippen LogP contribution in [0.2, 0.25) is 0 Å². The molecule has 2 fully saturated rings. The van der Waals surface area contributed by atoms with Crippen molar-refractivity contribution in [1.29, 1.82) is 0 Å². The molecule has 2 aliphatic rings. The average molecular weight is 400 g/mol. The van der Waals surface area contributed by atoms with Crippen molar-refractivity contribution in [3.63, 3.8) is 0 Å². The van der Waals surface area contributed by atoms with Gasteiger partial charge in [-0.2, -0.15) is 0 Å². The Labute approximate surface area is 173 Å². The highest BCUT2D eigenvalue weighted by Crippen LogP contribution is 2.29. The van der Waals surface area contributed by atoms with Crippen LogP contribution >= 0.6 is 0 Å². The SMILES string of the molecule is Cc1cc(C)cc(NC(=O)C2CCN(C(=O)C3CC(=O)N(C(C)(C)C)C3)CC2)c1. The van der Waals surface area contributed by atoms with E-state index in [9.17, 15) is 14.4 Å². The van der Waals surface area contributed by atoms with Crippen molar-refractivity contribution >= 4 is 23.4 Å². The summed E-state index contributed by atoms with van der Waals surface area (Å²) < 4.78 is 0. The van der Waals surface area contributed by atoms with Crippen LogP contribution in [0, 0.1) is 25.7 Å². The molecule has 2 heterocycles. The molecule has 3 rings (SSSR count). The third-order valence-electron chi connectivity index (χ3n) is 5.95. The maximum atomic E-state index is 12.9. The van der Waals surface area contributed by atoms with Crippen LogP contribution in [-0.4, -0.2) is 52.7 Å². The van der Waals surface area contributed by atoms with Gasteiger partial charge in [0.05, 0.1) is 5.92 Å². The smallest absolute Gasteiger partial charge is 0.227 e. The van der Waals surface area contributed by atoms with E-state index in [0.29, 0.717) is 38.9 Å². The lowest BCUT2D eigenvalue weighted by Gasteiger charge is -2.34. The van der Waals surface area contributed by atoms with Gasteiger partial charge in [0.1, 0.15) is 0 Å². The summed E-state index contributed by atoms with van der Waals surface area (Å²) in [6, 6.07) is 6.03. The molecule has 2 aliphatic heterocycles. The van der Waals surface area contributed by atoms with Crippen LogP contribution in [0.25, 0.3) is 0 Å². The van der Waals surface area contributed by atoms with Crippen LogP contribution in [0.3, 0.4) is 0 Å². The number of nitrogens with zero attached hydrogens (tertiary/aromatic N) is 2. The standard InChI is InChI=1S/C23H33N3O3/c1-15-10-16(2)12-19(11-15)24-21(28)17-6-8-25(9-7-17)22(29)18-13-20(27)26(14-18)23(3,4)5/h10-12,17-18H,6-9,13-14H2,1-5H3,(H,24,28). The summed E-state index contributed by atoms with van der Waals surface area (Å²) in [6.07, 6.45) is 1.61. The highest BCUT2D eigenvalue weighted by molar-refractivity contribution is 5.93. The molecule has 0 saturated carbocycles. The van der Waals surface area contributed by atoms with Crippen LogP contribution in [0.1, 0.15) is 51.2 Å². The zero-order chi connectivity index (χ0) is 21.3. The second kappa shape index (κ2) is 8.17. The molecule has 2 saturated heterocycles. The normalized spacial score (nSPS) is 20.9. The Bertz CT molecular complexity index is 784.